The molecular formula is C19H21FN2O3. The Labute approximate surface area is 146 Å². The van der Waals surface area contributed by atoms with Crippen molar-refractivity contribution in [3.05, 3.63) is 59.7 Å². The average Bonchev–Trinajstić information content (AvgIpc) is 3.10. The van der Waals surface area contributed by atoms with Gasteiger partial charge in [-0.3, -0.25) is 14.7 Å². The zero-order valence-corrected chi connectivity index (χ0v) is 14.1. The van der Waals surface area contributed by atoms with Crippen molar-refractivity contribution < 1.29 is 19.0 Å². The third kappa shape index (κ3) is 3.79. The highest BCUT2D eigenvalue weighted by Crippen LogP contribution is 2.33. The number of halogens is 1. The first kappa shape index (κ1) is 17.4. The van der Waals surface area contributed by atoms with E-state index in [0.29, 0.717) is 19.4 Å². The molecule has 25 heavy (non-hydrogen) atoms. The van der Waals surface area contributed by atoms with Crippen LogP contribution in [0.4, 0.5) is 4.39 Å². The molecule has 1 aliphatic heterocycles. The van der Waals surface area contributed by atoms with Gasteiger partial charge in [-0.15, -0.1) is 0 Å². The fraction of sp³-hybridized carbons (Fsp3) is 0.368. The van der Waals surface area contributed by atoms with Crippen molar-refractivity contribution in [2.24, 2.45) is 0 Å². The van der Waals surface area contributed by atoms with Gasteiger partial charge in [-0.2, -0.15) is 0 Å². The number of hydrogen-bond donors (Lipinski definition) is 1. The molecule has 0 bridgehead atoms. The maximum atomic E-state index is 14.2. The van der Waals surface area contributed by atoms with Gasteiger partial charge in [0.1, 0.15) is 6.04 Å². The van der Waals surface area contributed by atoms with Crippen molar-refractivity contribution >= 4 is 5.97 Å². The molecule has 0 spiro atoms. The Morgan fingerprint density at radius 2 is 2.28 bits per heavy atom. The average molecular weight is 344 g/mol. The van der Waals surface area contributed by atoms with E-state index < -0.39 is 17.8 Å². The number of carboxylic acid groups (broad SMARTS) is 1. The maximum Gasteiger partial charge on any atom is 0.320 e. The van der Waals surface area contributed by atoms with E-state index in [9.17, 15) is 14.3 Å². The highest BCUT2D eigenvalue weighted by atomic mass is 19.1. The molecule has 3 rings (SSSR count). The third-order valence-electron chi connectivity index (χ3n) is 4.67. The van der Waals surface area contributed by atoms with Crippen LogP contribution in [-0.2, 0) is 11.2 Å². The van der Waals surface area contributed by atoms with Gasteiger partial charge in [0, 0.05) is 24.4 Å². The number of aliphatic carboxylic acids is 1. The molecule has 0 amide bonds. The summed E-state index contributed by atoms with van der Waals surface area (Å²) >= 11 is 0. The summed E-state index contributed by atoms with van der Waals surface area (Å²) in [6.45, 7) is 0.669. The number of aromatic nitrogens is 1. The lowest BCUT2D eigenvalue weighted by Crippen LogP contribution is -2.39. The first-order chi connectivity index (χ1) is 12.1. The first-order valence-electron chi connectivity index (χ1n) is 8.32. The molecule has 1 aromatic heterocycles. The molecule has 132 valence electrons. The Morgan fingerprint density at radius 1 is 1.44 bits per heavy atom. The number of pyridine rings is 1. The van der Waals surface area contributed by atoms with Gasteiger partial charge in [0.05, 0.1) is 7.11 Å². The van der Waals surface area contributed by atoms with E-state index in [2.05, 4.69) is 4.98 Å². The van der Waals surface area contributed by atoms with E-state index in [-0.39, 0.29) is 11.8 Å². The molecule has 0 saturated carbocycles. The molecule has 5 nitrogen and oxygen atoms in total. The third-order valence-corrected chi connectivity index (χ3v) is 4.67. The number of nitrogens with zero attached hydrogens (tertiary/aromatic N) is 2. The van der Waals surface area contributed by atoms with Crippen LogP contribution >= 0.6 is 0 Å². The Kier molecular flexibility index (Phi) is 5.28. The lowest BCUT2D eigenvalue weighted by Gasteiger charge is -2.31. The highest BCUT2D eigenvalue weighted by Gasteiger charge is 2.36. The van der Waals surface area contributed by atoms with Crippen LogP contribution in [0.3, 0.4) is 0 Å². The van der Waals surface area contributed by atoms with Gasteiger partial charge < -0.3 is 9.84 Å². The number of benzene rings is 1. The summed E-state index contributed by atoms with van der Waals surface area (Å²) in [6.07, 6.45) is 3.65. The van der Waals surface area contributed by atoms with Crippen LogP contribution in [0.25, 0.3) is 0 Å². The first-order valence-corrected chi connectivity index (χ1v) is 8.32. The molecule has 2 heterocycles. The minimum atomic E-state index is -0.836. The molecule has 2 atom stereocenters. The van der Waals surface area contributed by atoms with Crippen LogP contribution in [-0.4, -0.2) is 40.7 Å². The van der Waals surface area contributed by atoms with Crippen LogP contribution in [0.5, 0.6) is 5.75 Å². The van der Waals surface area contributed by atoms with Gasteiger partial charge in [-0.05, 0) is 49.2 Å². The molecule has 1 saturated heterocycles. The van der Waals surface area contributed by atoms with Crippen LogP contribution in [0.15, 0.2) is 42.6 Å². The number of likely N-dealkylation sites (tertiary alicyclic amines) is 1. The van der Waals surface area contributed by atoms with Crippen molar-refractivity contribution in [3.63, 3.8) is 0 Å². The van der Waals surface area contributed by atoms with E-state index in [1.165, 1.54) is 13.2 Å². The molecular weight excluding hydrogens is 323 g/mol. The maximum absolute atomic E-state index is 14.2. The number of rotatable bonds is 6. The van der Waals surface area contributed by atoms with Crippen molar-refractivity contribution in [2.75, 3.05) is 13.7 Å². The predicted octanol–water partition coefficient (Wildman–Crippen LogP) is 3.06. The minimum absolute atomic E-state index is 0.177. The van der Waals surface area contributed by atoms with Crippen LogP contribution in [0.1, 0.15) is 30.1 Å². The van der Waals surface area contributed by atoms with Gasteiger partial charge in [-0.1, -0.05) is 12.1 Å². The normalized spacial score (nSPS) is 18.9. The second kappa shape index (κ2) is 7.61. The van der Waals surface area contributed by atoms with E-state index >= 15 is 0 Å². The molecule has 6 heteroatoms. The number of methoxy groups -OCH3 is 1. The van der Waals surface area contributed by atoms with Gasteiger partial charge in [0.2, 0.25) is 0 Å². The second-order valence-corrected chi connectivity index (χ2v) is 6.17. The minimum Gasteiger partial charge on any atom is -0.494 e. The van der Waals surface area contributed by atoms with Crippen molar-refractivity contribution in [1.29, 1.82) is 0 Å². The van der Waals surface area contributed by atoms with Crippen molar-refractivity contribution in [1.82, 2.24) is 9.88 Å². The summed E-state index contributed by atoms with van der Waals surface area (Å²) in [5, 5.41) is 9.53. The summed E-state index contributed by atoms with van der Waals surface area (Å²) in [5.41, 5.74) is 1.58. The van der Waals surface area contributed by atoms with Crippen molar-refractivity contribution in [3.8, 4) is 5.75 Å². The summed E-state index contributed by atoms with van der Waals surface area (Å²) in [6, 6.07) is 9.64. The smallest absolute Gasteiger partial charge is 0.320 e. The highest BCUT2D eigenvalue weighted by molar-refractivity contribution is 5.74. The number of ether oxygens (including phenoxy) is 1. The van der Waals surface area contributed by atoms with E-state index in [1.807, 2.05) is 23.1 Å². The lowest BCUT2D eigenvalue weighted by atomic mass is 9.98. The van der Waals surface area contributed by atoms with E-state index in [0.717, 1.165) is 17.7 Å². The lowest BCUT2D eigenvalue weighted by molar-refractivity contribution is -0.143. The van der Waals surface area contributed by atoms with E-state index in [4.69, 9.17) is 4.74 Å². The van der Waals surface area contributed by atoms with Crippen LogP contribution in [0, 0.1) is 5.82 Å². The van der Waals surface area contributed by atoms with Gasteiger partial charge in [0.25, 0.3) is 0 Å². The summed E-state index contributed by atoms with van der Waals surface area (Å²) < 4.78 is 19.2. The molecule has 1 aromatic carbocycles. The fourth-order valence-electron chi connectivity index (χ4n) is 3.46. The van der Waals surface area contributed by atoms with Crippen molar-refractivity contribution in [2.45, 2.75) is 31.3 Å². The molecule has 1 aliphatic rings. The molecule has 2 aromatic rings. The zero-order chi connectivity index (χ0) is 17.8. The zero-order valence-electron chi connectivity index (χ0n) is 14.1. The molecule has 2 unspecified atom stereocenters. The topological polar surface area (TPSA) is 62.7 Å². The monoisotopic (exact) mass is 344 g/mol. The fourth-order valence-corrected chi connectivity index (χ4v) is 3.46. The number of hydrogen-bond acceptors (Lipinski definition) is 4. The Balaban J connectivity index is 1.96. The summed E-state index contributed by atoms with van der Waals surface area (Å²) in [7, 11) is 1.42. The SMILES string of the molecule is COc1ccc(C(Cc2ccccn2)N2CCCC2C(=O)O)cc1F. The summed E-state index contributed by atoms with van der Waals surface area (Å²) in [5.74, 6) is -1.11. The Hall–Kier alpha value is -2.47. The van der Waals surface area contributed by atoms with Gasteiger partial charge in [-0.25, -0.2) is 4.39 Å². The van der Waals surface area contributed by atoms with E-state index in [1.54, 1.807) is 18.3 Å². The van der Waals surface area contributed by atoms with Gasteiger partial charge >= 0.3 is 5.97 Å². The number of carbonyl (C=O) groups is 1. The predicted molar refractivity (Wildman–Crippen MR) is 91.0 cm³/mol. The largest absolute Gasteiger partial charge is 0.494 e. The summed E-state index contributed by atoms with van der Waals surface area (Å²) in [4.78, 5) is 17.9. The van der Waals surface area contributed by atoms with Crippen LogP contribution < -0.4 is 4.74 Å². The Morgan fingerprint density at radius 3 is 2.92 bits per heavy atom. The standard InChI is InChI=1S/C19H21FN2O3/c1-25-18-8-7-13(11-15(18)20)17(12-14-5-2-3-9-21-14)22-10-4-6-16(22)19(23)24/h2-3,5,7-9,11,16-17H,4,6,10,12H2,1H3,(H,23,24). The second-order valence-electron chi connectivity index (χ2n) is 6.17. The molecule has 0 radical (unpaired) electrons. The quantitative estimate of drug-likeness (QED) is 0.873. The van der Waals surface area contributed by atoms with Gasteiger partial charge in [0.15, 0.2) is 11.6 Å². The Bertz CT molecular complexity index is 739. The molecule has 1 N–H and O–H groups in total. The number of carboxylic acids is 1. The molecule has 1 fully saturated rings. The molecule has 0 aliphatic carbocycles. The van der Waals surface area contributed by atoms with Crippen LogP contribution in [0.2, 0.25) is 0 Å².